The zero-order chi connectivity index (χ0) is 20.3. The minimum atomic E-state index is -3.35. The minimum Gasteiger partial charge on any atom is -0.371 e. The predicted octanol–water partition coefficient (Wildman–Crippen LogP) is 4.15. The first kappa shape index (κ1) is 20.8. The van der Waals surface area contributed by atoms with Crippen LogP contribution < -0.4 is 14.9 Å². The van der Waals surface area contributed by atoms with E-state index in [2.05, 4.69) is 14.9 Å². The van der Waals surface area contributed by atoms with Crippen molar-refractivity contribution >= 4 is 56.2 Å². The van der Waals surface area contributed by atoms with E-state index in [0.29, 0.717) is 28.0 Å². The number of carbonyl (C=O) groups is 1. The van der Waals surface area contributed by atoms with Crippen LogP contribution in [0, 0.1) is 0 Å². The van der Waals surface area contributed by atoms with Gasteiger partial charge in [-0.15, -0.1) is 0 Å². The summed E-state index contributed by atoms with van der Waals surface area (Å²) in [6.45, 7) is 1.32. The van der Waals surface area contributed by atoms with Crippen molar-refractivity contribution in [3.05, 3.63) is 52.0 Å². The number of nitrogens with one attached hydrogen (secondary N) is 2. The Balaban J connectivity index is 1.69. The third kappa shape index (κ3) is 5.31. The molecule has 0 aromatic heterocycles. The van der Waals surface area contributed by atoms with Gasteiger partial charge in [0.1, 0.15) is 0 Å². The highest BCUT2D eigenvalue weighted by molar-refractivity contribution is 7.92. The highest BCUT2D eigenvalue weighted by Crippen LogP contribution is 2.33. The van der Waals surface area contributed by atoms with Crippen LogP contribution in [-0.2, 0) is 21.2 Å². The van der Waals surface area contributed by atoms with Crippen molar-refractivity contribution in [2.24, 2.45) is 0 Å². The molecule has 0 radical (unpaired) electrons. The highest BCUT2D eigenvalue weighted by Gasteiger charge is 2.21. The first-order valence-electron chi connectivity index (χ1n) is 8.82. The molecule has 6 nitrogen and oxygen atoms in total. The fourth-order valence-corrected chi connectivity index (χ4v) is 4.20. The number of sulfonamides is 1. The van der Waals surface area contributed by atoms with Crippen LogP contribution in [0.15, 0.2) is 36.4 Å². The average molecular weight is 442 g/mol. The summed E-state index contributed by atoms with van der Waals surface area (Å²) >= 11 is 12.0. The molecular weight excluding hydrogens is 421 g/mol. The molecule has 1 heterocycles. The van der Waals surface area contributed by atoms with Gasteiger partial charge in [0.25, 0.3) is 0 Å². The Morgan fingerprint density at radius 3 is 2.71 bits per heavy atom. The largest absolute Gasteiger partial charge is 0.371 e. The number of carbonyl (C=O) groups excluding carboxylic acids is 1. The van der Waals surface area contributed by atoms with Crippen LogP contribution in [-0.4, -0.2) is 33.7 Å². The van der Waals surface area contributed by atoms with Crippen LogP contribution in [0.25, 0.3) is 0 Å². The fourth-order valence-electron chi connectivity index (χ4n) is 3.27. The van der Waals surface area contributed by atoms with Crippen molar-refractivity contribution in [3.8, 4) is 0 Å². The van der Waals surface area contributed by atoms with E-state index < -0.39 is 10.0 Å². The summed E-state index contributed by atoms with van der Waals surface area (Å²) in [7, 11) is -3.35. The smallest absolute Gasteiger partial charge is 0.229 e. The second-order valence-electron chi connectivity index (χ2n) is 6.69. The molecule has 0 saturated heterocycles. The lowest BCUT2D eigenvalue weighted by molar-refractivity contribution is -0.116. The number of amides is 1. The second kappa shape index (κ2) is 8.59. The van der Waals surface area contributed by atoms with Crippen LogP contribution in [0.5, 0.6) is 0 Å². The summed E-state index contributed by atoms with van der Waals surface area (Å²) < 4.78 is 25.8. The van der Waals surface area contributed by atoms with Crippen molar-refractivity contribution in [1.82, 2.24) is 0 Å². The van der Waals surface area contributed by atoms with E-state index in [9.17, 15) is 13.2 Å². The van der Waals surface area contributed by atoms with Crippen molar-refractivity contribution in [1.29, 1.82) is 0 Å². The van der Waals surface area contributed by atoms with Gasteiger partial charge in [-0.2, -0.15) is 0 Å². The normalized spacial score (nSPS) is 13.8. The topological polar surface area (TPSA) is 78.5 Å². The molecule has 0 spiro atoms. The number of halogens is 2. The SMILES string of the molecule is CS(=O)(=O)Nc1cccc2c1CCCN2CCC(=O)Nc1cc(Cl)ccc1Cl. The molecule has 1 aliphatic heterocycles. The maximum atomic E-state index is 12.4. The molecule has 2 aromatic carbocycles. The third-order valence-electron chi connectivity index (χ3n) is 4.45. The molecule has 0 saturated carbocycles. The lowest BCUT2D eigenvalue weighted by atomic mass is 10.00. The Hall–Kier alpha value is -1.96. The zero-order valence-electron chi connectivity index (χ0n) is 15.3. The number of hydrogen-bond acceptors (Lipinski definition) is 4. The summed E-state index contributed by atoms with van der Waals surface area (Å²) in [6.07, 6.45) is 3.08. The molecule has 1 amide bonds. The quantitative estimate of drug-likeness (QED) is 0.705. The van der Waals surface area contributed by atoms with Gasteiger partial charge in [0, 0.05) is 30.2 Å². The summed E-state index contributed by atoms with van der Waals surface area (Å²) in [5.74, 6) is -0.165. The van der Waals surface area contributed by atoms with E-state index >= 15 is 0 Å². The molecule has 0 atom stereocenters. The van der Waals surface area contributed by atoms with Gasteiger partial charge in [0.05, 0.1) is 22.7 Å². The van der Waals surface area contributed by atoms with Crippen LogP contribution >= 0.6 is 23.2 Å². The molecule has 0 fully saturated rings. The molecule has 28 heavy (non-hydrogen) atoms. The Bertz CT molecular complexity index is 996. The first-order valence-corrected chi connectivity index (χ1v) is 11.5. The fraction of sp³-hybridized carbons (Fsp3) is 0.316. The molecule has 0 aliphatic carbocycles. The van der Waals surface area contributed by atoms with Crippen LogP contribution in [0.2, 0.25) is 10.0 Å². The van der Waals surface area contributed by atoms with Crippen molar-refractivity contribution in [2.75, 3.05) is 34.3 Å². The van der Waals surface area contributed by atoms with Crippen molar-refractivity contribution in [3.63, 3.8) is 0 Å². The van der Waals surface area contributed by atoms with E-state index in [-0.39, 0.29) is 12.3 Å². The summed E-state index contributed by atoms with van der Waals surface area (Å²) in [4.78, 5) is 14.5. The molecular formula is C19H21Cl2N3O3S. The third-order valence-corrected chi connectivity index (χ3v) is 5.61. The van der Waals surface area contributed by atoms with E-state index in [1.807, 2.05) is 12.1 Å². The van der Waals surface area contributed by atoms with Crippen LogP contribution in [0.3, 0.4) is 0 Å². The summed E-state index contributed by atoms with van der Waals surface area (Å²) in [5, 5.41) is 3.71. The van der Waals surface area contributed by atoms with Crippen molar-refractivity contribution < 1.29 is 13.2 Å². The van der Waals surface area contributed by atoms with E-state index in [1.165, 1.54) is 0 Å². The number of hydrogen-bond donors (Lipinski definition) is 2. The van der Waals surface area contributed by atoms with Gasteiger partial charge >= 0.3 is 0 Å². The number of fused-ring (bicyclic) bond motifs is 1. The number of benzene rings is 2. The summed E-state index contributed by atoms with van der Waals surface area (Å²) in [6, 6.07) is 10.4. The van der Waals surface area contributed by atoms with Gasteiger partial charge in [-0.3, -0.25) is 9.52 Å². The highest BCUT2D eigenvalue weighted by atomic mass is 35.5. The Morgan fingerprint density at radius 2 is 1.96 bits per heavy atom. The number of anilines is 3. The first-order chi connectivity index (χ1) is 13.2. The summed E-state index contributed by atoms with van der Waals surface area (Å²) in [5.41, 5.74) is 2.99. The minimum absolute atomic E-state index is 0.165. The second-order valence-corrected chi connectivity index (χ2v) is 9.28. The molecule has 3 rings (SSSR count). The van der Waals surface area contributed by atoms with Gasteiger partial charge < -0.3 is 10.2 Å². The lowest BCUT2D eigenvalue weighted by Gasteiger charge is -2.32. The van der Waals surface area contributed by atoms with Crippen LogP contribution in [0.4, 0.5) is 17.1 Å². The average Bonchev–Trinajstić information content (AvgIpc) is 2.62. The molecule has 2 aromatic rings. The molecule has 150 valence electrons. The molecule has 1 aliphatic rings. The van der Waals surface area contributed by atoms with E-state index in [0.717, 1.165) is 36.9 Å². The lowest BCUT2D eigenvalue weighted by Crippen LogP contribution is -2.33. The van der Waals surface area contributed by atoms with Gasteiger partial charge in [0.15, 0.2) is 0 Å². The zero-order valence-corrected chi connectivity index (χ0v) is 17.7. The van der Waals surface area contributed by atoms with Crippen LogP contribution in [0.1, 0.15) is 18.4 Å². The van der Waals surface area contributed by atoms with E-state index in [1.54, 1.807) is 24.3 Å². The number of rotatable bonds is 6. The number of nitrogens with zero attached hydrogens (tertiary/aromatic N) is 1. The maximum Gasteiger partial charge on any atom is 0.229 e. The molecule has 0 bridgehead atoms. The Morgan fingerprint density at radius 1 is 1.18 bits per heavy atom. The Kier molecular flexibility index (Phi) is 6.37. The Labute approximate surface area is 174 Å². The van der Waals surface area contributed by atoms with Gasteiger partial charge in [0.2, 0.25) is 15.9 Å². The predicted molar refractivity (Wildman–Crippen MR) is 115 cm³/mol. The monoisotopic (exact) mass is 441 g/mol. The van der Waals surface area contributed by atoms with Gasteiger partial charge in [-0.1, -0.05) is 29.3 Å². The van der Waals surface area contributed by atoms with Gasteiger partial charge in [-0.05, 0) is 48.7 Å². The molecule has 9 heteroatoms. The molecule has 0 unspecified atom stereocenters. The maximum absolute atomic E-state index is 12.4. The van der Waals surface area contributed by atoms with Gasteiger partial charge in [-0.25, -0.2) is 8.42 Å². The van der Waals surface area contributed by atoms with E-state index in [4.69, 9.17) is 23.2 Å². The molecule has 2 N–H and O–H groups in total. The van der Waals surface area contributed by atoms with Crippen molar-refractivity contribution in [2.45, 2.75) is 19.3 Å². The standard InChI is InChI=1S/C19H21Cl2N3O3S/c1-28(26,27)23-16-5-2-6-18-14(16)4-3-10-24(18)11-9-19(25)22-17-12-13(20)7-8-15(17)21/h2,5-8,12,23H,3-4,9-11H2,1H3,(H,22,25).